The topological polar surface area (TPSA) is 84.0 Å². The van der Waals surface area contributed by atoms with Gasteiger partial charge >= 0.3 is 0 Å². The minimum atomic E-state index is 0.191. The monoisotopic (exact) mass is 376 g/mol. The van der Waals surface area contributed by atoms with Crippen LogP contribution >= 0.6 is 0 Å². The molecule has 1 fully saturated rings. The SMILES string of the molecule is CCNC(=NCCCNC(=O)C1CCC1)Nc1ccc(OCC)c(OC)c1. The van der Waals surface area contributed by atoms with E-state index in [0.717, 1.165) is 37.2 Å². The summed E-state index contributed by atoms with van der Waals surface area (Å²) in [7, 11) is 1.62. The predicted octanol–water partition coefficient (Wildman–Crippen LogP) is 2.78. The number of carbonyl (C=O) groups is 1. The number of nitrogens with one attached hydrogen (secondary N) is 3. The van der Waals surface area contributed by atoms with Crippen LogP contribution in [0.5, 0.6) is 11.5 Å². The first-order valence-electron chi connectivity index (χ1n) is 9.81. The molecule has 0 spiro atoms. The van der Waals surface area contributed by atoms with Gasteiger partial charge in [-0.25, -0.2) is 0 Å². The van der Waals surface area contributed by atoms with Gasteiger partial charge in [0.15, 0.2) is 17.5 Å². The number of nitrogens with zero attached hydrogens (tertiary/aromatic N) is 1. The Hall–Kier alpha value is -2.44. The summed E-state index contributed by atoms with van der Waals surface area (Å²) in [6.07, 6.45) is 4.05. The molecule has 27 heavy (non-hydrogen) atoms. The van der Waals surface area contributed by atoms with Gasteiger partial charge in [-0.2, -0.15) is 0 Å². The van der Waals surface area contributed by atoms with Gasteiger partial charge in [-0.1, -0.05) is 6.42 Å². The fourth-order valence-corrected chi connectivity index (χ4v) is 2.76. The number of ether oxygens (including phenoxy) is 2. The molecule has 0 unspecified atom stereocenters. The second-order valence-electron chi connectivity index (χ2n) is 6.46. The lowest BCUT2D eigenvalue weighted by molar-refractivity contribution is -0.127. The third-order valence-corrected chi connectivity index (χ3v) is 4.45. The number of aliphatic imine (C=N–C) groups is 1. The van der Waals surface area contributed by atoms with Crippen LogP contribution in [0.3, 0.4) is 0 Å². The zero-order valence-electron chi connectivity index (χ0n) is 16.6. The molecule has 0 aliphatic heterocycles. The van der Waals surface area contributed by atoms with Crippen molar-refractivity contribution in [2.45, 2.75) is 39.5 Å². The van der Waals surface area contributed by atoms with Gasteiger partial charge in [0.2, 0.25) is 5.91 Å². The van der Waals surface area contributed by atoms with E-state index >= 15 is 0 Å². The highest BCUT2D eigenvalue weighted by atomic mass is 16.5. The lowest BCUT2D eigenvalue weighted by Gasteiger charge is -2.23. The summed E-state index contributed by atoms with van der Waals surface area (Å²) in [5.41, 5.74) is 0.869. The summed E-state index contributed by atoms with van der Waals surface area (Å²) < 4.78 is 10.9. The first-order valence-corrected chi connectivity index (χ1v) is 9.81. The quantitative estimate of drug-likeness (QED) is 0.332. The Morgan fingerprint density at radius 3 is 2.67 bits per heavy atom. The maximum absolute atomic E-state index is 11.8. The van der Waals surface area contributed by atoms with Gasteiger partial charge in [0.1, 0.15) is 0 Å². The van der Waals surface area contributed by atoms with Crippen molar-refractivity contribution >= 4 is 17.6 Å². The first-order chi connectivity index (χ1) is 13.2. The average Bonchev–Trinajstić information content (AvgIpc) is 2.61. The Morgan fingerprint density at radius 2 is 2.04 bits per heavy atom. The minimum absolute atomic E-state index is 0.191. The molecule has 1 aromatic rings. The number of hydrogen-bond donors (Lipinski definition) is 3. The Kier molecular flexibility index (Phi) is 8.74. The van der Waals surface area contributed by atoms with Crippen molar-refractivity contribution < 1.29 is 14.3 Å². The Morgan fingerprint density at radius 1 is 1.22 bits per heavy atom. The molecule has 3 N–H and O–H groups in total. The Balaban J connectivity index is 1.84. The molecule has 0 bridgehead atoms. The van der Waals surface area contributed by atoms with E-state index < -0.39 is 0 Å². The molecule has 0 radical (unpaired) electrons. The molecule has 1 aliphatic rings. The number of anilines is 1. The smallest absolute Gasteiger partial charge is 0.223 e. The lowest BCUT2D eigenvalue weighted by atomic mass is 9.85. The van der Waals surface area contributed by atoms with Gasteiger partial charge in [-0.15, -0.1) is 0 Å². The van der Waals surface area contributed by atoms with E-state index in [-0.39, 0.29) is 11.8 Å². The molecule has 150 valence electrons. The molecular formula is C20H32N4O3. The predicted molar refractivity (Wildman–Crippen MR) is 109 cm³/mol. The van der Waals surface area contributed by atoms with Crippen LogP contribution in [-0.2, 0) is 4.79 Å². The van der Waals surface area contributed by atoms with E-state index in [0.29, 0.717) is 31.4 Å². The van der Waals surface area contributed by atoms with Gasteiger partial charge in [-0.05, 0) is 45.2 Å². The van der Waals surface area contributed by atoms with Crippen molar-refractivity contribution in [3.05, 3.63) is 18.2 Å². The number of amides is 1. The first kappa shape index (κ1) is 20.9. The molecule has 1 saturated carbocycles. The third kappa shape index (κ3) is 6.66. The average molecular weight is 377 g/mol. The maximum Gasteiger partial charge on any atom is 0.223 e. The largest absolute Gasteiger partial charge is 0.493 e. The van der Waals surface area contributed by atoms with Gasteiger partial charge in [-0.3, -0.25) is 9.79 Å². The van der Waals surface area contributed by atoms with Gasteiger partial charge in [0, 0.05) is 37.3 Å². The van der Waals surface area contributed by atoms with E-state index in [2.05, 4.69) is 20.9 Å². The van der Waals surface area contributed by atoms with Crippen LogP contribution in [0.2, 0.25) is 0 Å². The molecule has 1 aromatic carbocycles. The minimum Gasteiger partial charge on any atom is -0.493 e. The van der Waals surface area contributed by atoms with Gasteiger partial charge < -0.3 is 25.4 Å². The standard InChI is InChI=1S/C20H32N4O3/c1-4-21-20(23-13-7-12-22-19(25)15-8-6-9-15)24-16-10-11-17(27-5-2)18(14-16)26-3/h10-11,14-15H,4-9,12-13H2,1-3H3,(H,22,25)(H2,21,23,24). The molecule has 7 nitrogen and oxygen atoms in total. The number of benzene rings is 1. The second-order valence-corrected chi connectivity index (χ2v) is 6.46. The summed E-state index contributed by atoms with van der Waals surface area (Å²) in [6, 6.07) is 5.69. The molecule has 7 heteroatoms. The Bertz CT molecular complexity index is 630. The summed E-state index contributed by atoms with van der Waals surface area (Å²) >= 11 is 0. The zero-order chi connectivity index (χ0) is 19.5. The summed E-state index contributed by atoms with van der Waals surface area (Å²) in [5, 5.41) is 9.49. The highest BCUT2D eigenvalue weighted by Gasteiger charge is 2.24. The van der Waals surface area contributed by atoms with E-state index in [1.807, 2.05) is 32.0 Å². The second kappa shape index (κ2) is 11.3. The summed E-state index contributed by atoms with van der Waals surface area (Å²) in [6.45, 7) is 6.61. The molecular weight excluding hydrogens is 344 g/mol. The van der Waals surface area contributed by atoms with E-state index in [1.54, 1.807) is 7.11 Å². The molecule has 0 saturated heterocycles. The number of methoxy groups -OCH3 is 1. The lowest BCUT2D eigenvalue weighted by Crippen LogP contribution is -2.35. The Labute approximate surface area is 161 Å². The summed E-state index contributed by atoms with van der Waals surface area (Å²) in [4.78, 5) is 16.4. The van der Waals surface area contributed by atoms with Crippen molar-refractivity contribution in [3.8, 4) is 11.5 Å². The van der Waals surface area contributed by atoms with Crippen LogP contribution in [0, 0.1) is 5.92 Å². The normalized spacial score (nSPS) is 14.3. The molecule has 0 atom stereocenters. The number of guanidine groups is 1. The fraction of sp³-hybridized carbons (Fsp3) is 0.600. The van der Waals surface area contributed by atoms with Crippen molar-refractivity contribution in [3.63, 3.8) is 0 Å². The van der Waals surface area contributed by atoms with Crippen LogP contribution in [0.4, 0.5) is 5.69 Å². The van der Waals surface area contributed by atoms with Crippen molar-refractivity contribution in [2.75, 3.05) is 38.7 Å². The van der Waals surface area contributed by atoms with Crippen LogP contribution < -0.4 is 25.4 Å². The van der Waals surface area contributed by atoms with E-state index in [9.17, 15) is 4.79 Å². The molecule has 0 aromatic heterocycles. The maximum atomic E-state index is 11.8. The van der Waals surface area contributed by atoms with E-state index in [4.69, 9.17) is 9.47 Å². The fourth-order valence-electron chi connectivity index (χ4n) is 2.76. The van der Waals surface area contributed by atoms with Gasteiger partial charge in [0.05, 0.1) is 13.7 Å². The molecule has 0 heterocycles. The van der Waals surface area contributed by atoms with Crippen LogP contribution in [0.25, 0.3) is 0 Å². The van der Waals surface area contributed by atoms with E-state index in [1.165, 1.54) is 6.42 Å². The highest BCUT2D eigenvalue weighted by molar-refractivity contribution is 5.93. The van der Waals surface area contributed by atoms with Gasteiger partial charge in [0.25, 0.3) is 0 Å². The molecule has 1 amide bonds. The van der Waals surface area contributed by atoms with Crippen LogP contribution in [0.1, 0.15) is 39.5 Å². The molecule has 2 rings (SSSR count). The van der Waals surface area contributed by atoms with Crippen LogP contribution in [-0.4, -0.2) is 45.2 Å². The number of carbonyl (C=O) groups excluding carboxylic acids is 1. The zero-order valence-corrected chi connectivity index (χ0v) is 16.6. The third-order valence-electron chi connectivity index (χ3n) is 4.45. The van der Waals surface area contributed by atoms with Crippen molar-refractivity contribution in [1.82, 2.24) is 10.6 Å². The molecule has 1 aliphatic carbocycles. The van der Waals surface area contributed by atoms with Crippen molar-refractivity contribution in [2.24, 2.45) is 10.9 Å². The summed E-state index contributed by atoms with van der Waals surface area (Å²) in [5.74, 6) is 2.53. The van der Waals surface area contributed by atoms with Crippen molar-refractivity contribution in [1.29, 1.82) is 0 Å². The highest BCUT2D eigenvalue weighted by Crippen LogP contribution is 2.30. The number of rotatable bonds is 10. The number of hydrogen-bond acceptors (Lipinski definition) is 4. The van der Waals surface area contributed by atoms with Crippen LogP contribution in [0.15, 0.2) is 23.2 Å².